The fraction of sp³-hybridized carbons (Fsp3) is 0.619. The summed E-state index contributed by atoms with van der Waals surface area (Å²) in [5, 5.41) is 22.5. The van der Waals surface area contributed by atoms with Crippen molar-refractivity contribution in [2.45, 2.75) is 76.8 Å². The van der Waals surface area contributed by atoms with Gasteiger partial charge in [-0.1, -0.05) is 50.0 Å². The Morgan fingerprint density at radius 3 is 2.42 bits per heavy atom. The van der Waals surface area contributed by atoms with Gasteiger partial charge in [-0.2, -0.15) is 0 Å². The molecule has 1 N–H and O–H groups in total. The summed E-state index contributed by atoms with van der Waals surface area (Å²) < 4.78 is 18.0. The Morgan fingerprint density at radius 1 is 1.29 bits per heavy atom. The summed E-state index contributed by atoms with van der Waals surface area (Å²) in [6.07, 6.45) is 0.889. The van der Waals surface area contributed by atoms with E-state index in [2.05, 4.69) is 33.9 Å². The molecule has 2 rings (SSSR count). The molecule has 0 aromatic heterocycles. The minimum atomic E-state index is -2.06. The molecule has 1 saturated heterocycles. The molecule has 0 radical (unpaired) electrons. The SMILES string of the molecule is CC1(C)OC(/C=C/c2cc(Cl)c(Cl)cc2[N+](=O)[O-])C([C@H](O)CO[Si](C)(C)C(C)(C)C)O1. The summed E-state index contributed by atoms with van der Waals surface area (Å²) >= 11 is 11.9. The van der Waals surface area contributed by atoms with Crippen molar-refractivity contribution < 1.29 is 23.9 Å². The molecule has 0 aliphatic carbocycles. The number of nitrogens with zero attached hydrogens (tertiary/aromatic N) is 1. The van der Waals surface area contributed by atoms with E-state index in [0.29, 0.717) is 0 Å². The summed E-state index contributed by atoms with van der Waals surface area (Å²) in [6.45, 7) is 14.2. The van der Waals surface area contributed by atoms with Crippen LogP contribution in [0, 0.1) is 10.1 Å². The molecule has 0 amide bonds. The highest BCUT2D eigenvalue weighted by Gasteiger charge is 2.45. The van der Waals surface area contributed by atoms with Crippen LogP contribution in [0.3, 0.4) is 0 Å². The van der Waals surface area contributed by atoms with E-state index in [1.807, 2.05) is 0 Å². The molecular formula is C21H31Cl2NO6Si. The maximum absolute atomic E-state index is 11.4. The molecule has 1 aliphatic rings. The van der Waals surface area contributed by atoms with Gasteiger partial charge in [0.25, 0.3) is 5.69 Å². The fourth-order valence-electron chi connectivity index (χ4n) is 2.91. The molecule has 1 aromatic rings. The van der Waals surface area contributed by atoms with Gasteiger partial charge in [0, 0.05) is 6.07 Å². The van der Waals surface area contributed by atoms with Crippen LogP contribution >= 0.6 is 23.2 Å². The minimum Gasteiger partial charge on any atom is -0.414 e. The van der Waals surface area contributed by atoms with E-state index >= 15 is 0 Å². The number of hydrogen-bond donors (Lipinski definition) is 1. The van der Waals surface area contributed by atoms with Crippen LogP contribution in [0.5, 0.6) is 0 Å². The van der Waals surface area contributed by atoms with Gasteiger partial charge in [0.15, 0.2) is 14.1 Å². The normalized spacial score (nSPS) is 22.8. The maximum Gasteiger partial charge on any atom is 0.278 e. The van der Waals surface area contributed by atoms with Crippen molar-refractivity contribution in [3.63, 3.8) is 0 Å². The second kappa shape index (κ2) is 9.47. The van der Waals surface area contributed by atoms with Gasteiger partial charge in [-0.05, 0) is 44.1 Å². The molecule has 1 aliphatic heterocycles. The first-order chi connectivity index (χ1) is 14.0. The molecule has 31 heavy (non-hydrogen) atoms. The summed E-state index contributed by atoms with van der Waals surface area (Å²) in [5.74, 6) is -0.929. The molecule has 3 atom stereocenters. The largest absolute Gasteiger partial charge is 0.414 e. The second-order valence-corrected chi connectivity index (χ2v) is 15.3. The predicted molar refractivity (Wildman–Crippen MR) is 125 cm³/mol. The fourth-order valence-corrected chi connectivity index (χ4v) is 4.26. The molecule has 2 unspecified atom stereocenters. The topological polar surface area (TPSA) is 91.1 Å². The molecule has 1 fully saturated rings. The van der Waals surface area contributed by atoms with Gasteiger partial charge in [0.2, 0.25) is 0 Å². The second-order valence-electron chi connectivity index (χ2n) is 9.64. The van der Waals surface area contributed by atoms with Crippen LogP contribution in [0.2, 0.25) is 28.2 Å². The van der Waals surface area contributed by atoms with Crippen LogP contribution in [0.4, 0.5) is 5.69 Å². The van der Waals surface area contributed by atoms with E-state index in [4.69, 9.17) is 37.1 Å². The predicted octanol–water partition coefficient (Wildman–Crippen LogP) is 5.82. The Balaban J connectivity index is 2.23. The Bertz CT molecular complexity index is 853. The van der Waals surface area contributed by atoms with Gasteiger partial charge in [0.1, 0.15) is 18.3 Å². The molecule has 1 aromatic carbocycles. The van der Waals surface area contributed by atoms with Crippen LogP contribution in [0.25, 0.3) is 6.08 Å². The van der Waals surface area contributed by atoms with Gasteiger partial charge in [-0.25, -0.2) is 0 Å². The summed E-state index contributed by atoms with van der Waals surface area (Å²) in [5.41, 5.74) is 0.0978. The van der Waals surface area contributed by atoms with Crippen molar-refractivity contribution in [2.75, 3.05) is 6.61 Å². The Hall–Kier alpha value is -1.00. The number of nitro benzene ring substituents is 1. The number of hydrogen-bond acceptors (Lipinski definition) is 6. The highest BCUT2D eigenvalue weighted by Crippen LogP contribution is 2.38. The van der Waals surface area contributed by atoms with Gasteiger partial charge in [0.05, 0.1) is 27.1 Å². The van der Waals surface area contributed by atoms with E-state index in [9.17, 15) is 15.2 Å². The number of halogens is 2. The lowest BCUT2D eigenvalue weighted by Crippen LogP contribution is -2.46. The number of aliphatic hydroxyl groups is 1. The summed E-state index contributed by atoms with van der Waals surface area (Å²) in [7, 11) is -2.06. The lowest BCUT2D eigenvalue weighted by molar-refractivity contribution is -0.385. The molecule has 0 bridgehead atoms. The van der Waals surface area contributed by atoms with Crippen LogP contribution in [0.1, 0.15) is 40.2 Å². The molecule has 0 saturated carbocycles. The van der Waals surface area contributed by atoms with Crippen LogP contribution < -0.4 is 0 Å². The van der Waals surface area contributed by atoms with Crippen molar-refractivity contribution in [3.05, 3.63) is 43.9 Å². The number of benzene rings is 1. The van der Waals surface area contributed by atoms with E-state index in [1.165, 1.54) is 18.2 Å². The highest BCUT2D eigenvalue weighted by molar-refractivity contribution is 6.74. The average molecular weight is 492 g/mol. The third kappa shape index (κ3) is 6.51. The summed E-state index contributed by atoms with van der Waals surface area (Å²) in [4.78, 5) is 10.8. The van der Waals surface area contributed by atoms with E-state index in [-0.39, 0.29) is 32.9 Å². The number of nitro groups is 1. The zero-order valence-corrected chi connectivity index (χ0v) is 21.5. The first-order valence-electron chi connectivity index (χ1n) is 10.0. The van der Waals surface area contributed by atoms with Crippen molar-refractivity contribution in [1.29, 1.82) is 0 Å². The van der Waals surface area contributed by atoms with Gasteiger partial charge in [-0.15, -0.1) is 0 Å². The molecule has 1 heterocycles. The van der Waals surface area contributed by atoms with Crippen molar-refractivity contribution in [3.8, 4) is 0 Å². The molecule has 10 heteroatoms. The average Bonchev–Trinajstić information content (AvgIpc) is 2.94. The van der Waals surface area contributed by atoms with Gasteiger partial charge < -0.3 is 19.0 Å². The lowest BCUT2D eigenvalue weighted by Gasteiger charge is -2.37. The van der Waals surface area contributed by atoms with E-state index in [0.717, 1.165) is 0 Å². The van der Waals surface area contributed by atoms with Gasteiger partial charge >= 0.3 is 0 Å². The van der Waals surface area contributed by atoms with Crippen molar-refractivity contribution in [2.24, 2.45) is 0 Å². The molecule has 174 valence electrons. The summed E-state index contributed by atoms with van der Waals surface area (Å²) in [6, 6.07) is 2.63. The number of ether oxygens (including phenoxy) is 2. The number of aliphatic hydroxyl groups excluding tert-OH is 1. The van der Waals surface area contributed by atoms with Crippen LogP contribution in [-0.4, -0.2) is 49.1 Å². The Kier molecular flexibility index (Phi) is 8.02. The molecule has 7 nitrogen and oxygen atoms in total. The first-order valence-corrected chi connectivity index (χ1v) is 13.7. The lowest BCUT2D eigenvalue weighted by atomic mass is 10.1. The zero-order chi connectivity index (χ0) is 23.8. The highest BCUT2D eigenvalue weighted by atomic mass is 35.5. The van der Waals surface area contributed by atoms with Gasteiger partial charge in [-0.3, -0.25) is 10.1 Å². The minimum absolute atomic E-state index is 0.00507. The quantitative estimate of drug-likeness (QED) is 0.293. The zero-order valence-electron chi connectivity index (χ0n) is 18.9. The van der Waals surface area contributed by atoms with Crippen molar-refractivity contribution in [1.82, 2.24) is 0 Å². The third-order valence-electron chi connectivity index (χ3n) is 5.70. The van der Waals surface area contributed by atoms with E-state index < -0.39 is 37.3 Å². The smallest absolute Gasteiger partial charge is 0.278 e. The van der Waals surface area contributed by atoms with Crippen LogP contribution in [0.15, 0.2) is 18.2 Å². The number of rotatable bonds is 7. The first kappa shape index (κ1) is 26.3. The maximum atomic E-state index is 11.4. The van der Waals surface area contributed by atoms with E-state index in [1.54, 1.807) is 19.9 Å². The Morgan fingerprint density at radius 2 is 1.87 bits per heavy atom. The van der Waals surface area contributed by atoms with Crippen LogP contribution in [-0.2, 0) is 13.9 Å². The van der Waals surface area contributed by atoms with Crippen molar-refractivity contribution >= 4 is 43.3 Å². The monoisotopic (exact) mass is 491 g/mol. The molecular weight excluding hydrogens is 461 g/mol. The third-order valence-corrected chi connectivity index (χ3v) is 10.9. The molecule has 0 spiro atoms. The Labute approximate surface area is 194 Å². The standard InChI is InChI=1S/C21H31Cl2NO6Si/c1-20(2,3)31(6,7)28-12-17(25)19-18(29-21(4,5)30-19)9-8-13-10-14(22)15(23)11-16(13)24(26)27/h8-11,17-19,25H,12H2,1-7H3/b9-8+/t17-,18?,19?/m1/s1.